The standard InChI is InChI=1S/C21H22N4O3/c1-15-11-18(23-24(15)2)14-25(21(26)17-5-7-22-8-6-17)13-16-3-4-19-20(12-16)28-10-9-27-19/h3-8,11-12H,9-10,13-14H2,1-2H3. The van der Waals surface area contributed by atoms with Gasteiger partial charge in [-0.3, -0.25) is 14.5 Å². The first kappa shape index (κ1) is 18.0. The van der Waals surface area contributed by atoms with Crippen LogP contribution in [0.4, 0.5) is 0 Å². The summed E-state index contributed by atoms with van der Waals surface area (Å²) in [7, 11) is 1.90. The van der Waals surface area contributed by atoms with Gasteiger partial charge in [-0.1, -0.05) is 6.07 Å². The van der Waals surface area contributed by atoms with Crippen LogP contribution in [-0.2, 0) is 20.1 Å². The molecule has 1 aromatic carbocycles. The molecule has 1 amide bonds. The number of fused-ring (bicyclic) bond motifs is 1. The van der Waals surface area contributed by atoms with Crippen LogP contribution in [0.2, 0.25) is 0 Å². The van der Waals surface area contributed by atoms with Gasteiger partial charge in [0.05, 0.1) is 12.2 Å². The number of nitrogens with zero attached hydrogens (tertiary/aromatic N) is 4. The van der Waals surface area contributed by atoms with E-state index in [0.717, 1.165) is 22.7 Å². The topological polar surface area (TPSA) is 69.5 Å². The minimum atomic E-state index is -0.0689. The average molecular weight is 378 g/mol. The van der Waals surface area contributed by atoms with Crippen LogP contribution >= 0.6 is 0 Å². The van der Waals surface area contributed by atoms with Crippen LogP contribution in [0.5, 0.6) is 11.5 Å². The molecule has 0 unspecified atom stereocenters. The van der Waals surface area contributed by atoms with Crippen molar-refractivity contribution in [3.8, 4) is 11.5 Å². The third-order valence-electron chi connectivity index (χ3n) is 4.71. The van der Waals surface area contributed by atoms with Gasteiger partial charge in [0.1, 0.15) is 13.2 Å². The van der Waals surface area contributed by atoms with Crippen LogP contribution in [0, 0.1) is 6.92 Å². The first-order valence-electron chi connectivity index (χ1n) is 9.17. The molecule has 1 aliphatic rings. The van der Waals surface area contributed by atoms with E-state index in [2.05, 4.69) is 10.1 Å². The Hall–Kier alpha value is -3.35. The van der Waals surface area contributed by atoms with Crippen molar-refractivity contribution >= 4 is 5.91 Å². The van der Waals surface area contributed by atoms with Gasteiger partial charge in [-0.2, -0.15) is 5.10 Å². The third-order valence-corrected chi connectivity index (χ3v) is 4.71. The van der Waals surface area contributed by atoms with Crippen LogP contribution < -0.4 is 9.47 Å². The molecule has 0 spiro atoms. The Morgan fingerprint density at radius 1 is 1.07 bits per heavy atom. The van der Waals surface area contributed by atoms with Crippen molar-refractivity contribution in [2.45, 2.75) is 20.0 Å². The van der Waals surface area contributed by atoms with E-state index < -0.39 is 0 Å². The molecule has 0 radical (unpaired) electrons. The van der Waals surface area contributed by atoms with Crippen molar-refractivity contribution in [2.24, 2.45) is 7.05 Å². The number of hydrogen-bond acceptors (Lipinski definition) is 5. The van der Waals surface area contributed by atoms with Crippen molar-refractivity contribution in [2.75, 3.05) is 13.2 Å². The largest absolute Gasteiger partial charge is 0.486 e. The molecule has 3 aromatic rings. The summed E-state index contributed by atoms with van der Waals surface area (Å²) in [5, 5.41) is 4.50. The molecule has 7 heteroatoms. The van der Waals surface area contributed by atoms with Crippen LogP contribution in [0.3, 0.4) is 0 Å². The first-order chi connectivity index (χ1) is 13.6. The normalized spacial score (nSPS) is 12.6. The number of ether oxygens (including phenoxy) is 2. The zero-order chi connectivity index (χ0) is 19.5. The maximum Gasteiger partial charge on any atom is 0.254 e. The average Bonchev–Trinajstić information content (AvgIpc) is 3.04. The lowest BCUT2D eigenvalue weighted by molar-refractivity contribution is 0.0727. The summed E-state index contributed by atoms with van der Waals surface area (Å²) in [5.41, 5.74) is 3.46. The number of hydrogen-bond donors (Lipinski definition) is 0. The third kappa shape index (κ3) is 3.83. The summed E-state index contributed by atoms with van der Waals surface area (Å²) in [5.74, 6) is 1.39. The summed E-state index contributed by atoms with van der Waals surface area (Å²) >= 11 is 0. The van der Waals surface area contributed by atoms with Gasteiger partial charge in [-0.25, -0.2) is 0 Å². The second kappa shape index (κ2) is 7.72. The van der Waals surface area contributed by atoms with Crippen molar-refractivity contribution in [3.05, 3.63) is 71.3 Å². The monoisotopic (exact) mass is 378 g/mol. The van der Waals surface area contributed by atoms with E-state index in [0.29, 0.717) is 37.6 Å². The number of carbonyl (C=O) groups excluding carboxylic acids is 1. The number of carbonyl (C=O) groups is 1. The predicted octanol–water partition coefficient (Wildman–Crippen LogP) is 2.74. The Balaban J connectivity index is 1.61. The highest BCUT2D eigenvalue weighted by atomic mass is 16.6. The Bertz CT molecular complexity index is 965. The summed E-state index contributed by atoms with van der Waals surface area (Å²) in [6.07, 6.45) is 3.25. The van der Waals surface area contributed by atoms with Crippen molar-refractivity contribution in [1.29, 1.82) is 0 Å². The number of rotatable bonds is 5. The lowest BCUT2D eigenvalue weighted by atomic mass is 10.1. The fourth-order valence-corrected chi connectivity index (χ4v) is 3.19. The first-order valence-corrected chi connectivity index (χ1v) is 9.17. The van der Waals surface area contributed by atoms with Gasteiger partial charge in [0.2, 0.25) is 0 Å². The van der Waals surface area contributed by atoms with E-state index in [1.807, 2.05) is 42.9 Å². The molecule has 0 N–H and O–H groups in total. The summed E-state index contributed by atoms with van der Waals surface area (Å²) in [4.78, 5) is 18.9. The second-order valence-electron chi connectivity index (χ2n) is 6.78. The minimum Gasteiger partial charge on any atom is -0.486 e. The Kier molecular flexibility index (Phi) is 4.97. The minimum absolute atomic E-state index is 0.0689. The fourth-order valence-electron chi connectivity index (χ4n) is 3.19. The molecule has 2 aromatic heterocycles. The number of aromatic nitrogens is 3. The second-order valence-corrected chi connectivity index (χ2v) is 6.78. The lowest BCUT2D eigenvalue weighted by Crippen LogP contribution is -2.30. The molecular formula is C21H22N4O3. The Morgan fingerprint density at radius 3 is 2.54 bits per heavy atom. The number of pyridine rings is 1. The number of amides is 1. The van der Waals surface area contributed by atoms with Crippen molar-refractivity contribution < 1.29 is 14.3 Å². The quantitative estimate of drug-likeness (QED) is 0.683. The molecule has 144 valence electrons. The van der Waals surface area contributed by atoms with Gasteiger partial charge >= 0.3 is 0 Å². The molecule has 1 aliphatic heterocycles. The fraction of sp³-hybridized carbons (Fsp3) is 0.286. The van der Waals surface area contributed by atoms with Gasteiger partial charge < -0.3 is 14.4 Å². The van der Waals surface area contributed by atoms with Gasteiger partial charge in [0.25, 0.3) is 5.91 Å². The van der Waals surface area contributed by atoms with Crippen LogP contribution in [0.15, 0.2) is 48.8 Å². The van der Waals surface area contributed by atoms with Crippen LogP contribution in [0.1, 0.15) is 27.3 Å². The van der Waals surface area contributed by atoms with Gasteiger partial charge in [-0.15, -0.1) is 0 Å². The van der Waals surface area contributed by atoms with E-state index in [4.69, 9.17) is 9.47 Å². The highest BCUT2D eigenvalue weighted by Crippen LogP contribution is 2.31. The molecular weight excluding hydrogens is 356 g/mol. The van der Waals surface area contributed by atoms with Crippen molar-refractivity contribution in [1.82, 2.24) is 19.7 Å². The van der Waals surface area contributed by atoms with E-state index in [9.17, 15) is 4.79 Å². The van der Waals surface area contributed by atoms with Gasteiger partial charge in [-0.05, 0) is 42.8 Å². The maximum atomic E-state index is 13.1. The zero-order valence-electron chi connectivity index (χ0n) is 16.0. The molecule has 0 fully saturated rings. The molecule has 0 bridgehead atoms. The molecule has 28 heavy (non-hydrogen) atoms. The summed E-state index contributed by atoms with van der Waals surface area (Å²) in [6.45, 7) is 3.93. The zero-order valence-corrected chi connectivity index (χ0v) is 16.0. The summed E-state index contributed by atoms with van der Waals surface area (Å²) < 4.78 is 13.1. The van der Waals surface area contributed by atoms with Crippen LogP contribution in [-0.4, -0.2) is 38.8 Å². The Labute approximate surface area is 163 Å². The maximum absolute atomic E-state index is 13.1. The van der Waals surface area contributed by atoms with E-state index in [1.54, 1.807) is 29.4 Å². The van der Waals surface area contributed by atoms with Crippen molar-refractivity contribution in [3.63, 3.8) is 0 Å². The Morgan fingerprint density at radius 2 is 1.82 bits per heavy atom. The SMILES string of the molecule is Cc1cc(CN(Cc2ccc3c(c2)OCCO3)C(=O)c2ccncc2)nn1C. The predicted molar refractivity (Wildman–Crippen MR) is 103 cm³/mol. The molecule has 0 saturated heterocycles. The number of aryl methyl sites for hydroxylation is 2. The van der Waals surface area contributed by atoms with E-state index >= 15 is 0 Å². The lowest BCUT2D eigenvalue weighted by Gasteiger charge is -2.24. The molecule has 0 saturated carbocycles. The molecule has 0 atom stereocenters. The van der Waals surface area contributed by atoms with Gasteiger partial charge in [0, 0.05) is 37.2 Å². The highest BCUT2D eigenvalue weighted by Gasteiger charge is 2.20. The summed E-state index contributed by atoms with van der Waals surface area (Å²) in [6, 6.07) is 11.2. The van der Waals surface area contributed by atoms with Gasteiger partial charge in [0.15, 0.2) is 11.5 Å². The molecule has 4 rings (SSSR count). The molecule has 3 heterocycles. The molecule has 0 aliphatic carbocycles. The smallest absolute Gasteiger partial charge is 0.254 e. The number of benzene rings is 1. The molecule has 7 nitrogen and oxygen atoms in total. The highest BCUT2D eigenvalue weighted by molar-refractivity contribution is 5.94. The van der Waals surface area contributed by atoms with E-state index in [1.165, 1.54) is 0 Å². The van der Waals surface area contributed by atoms with Crippen LogP contribution in [0.25, 0.3) is 0 Å². The van der Waals surface area contributed by atoms with E-state index in [-0.39, 0.29) is 5.91 Å².